The number of H-pyrrole nitrogens is 1. The fourth-order valence-corrected chi connectivity index (χ4v) is 2.15. The Morgan fingerprint density at radius 2 is 2.06 bits per heavy atom. The molecule has 1 N–H and O–H groups in total. The lowest BCUT2D eigenvalue weighted by atomic mass is 10.2. The van der Waals surface area contributed by atoms with Gasteiger partial charge in [0.15, 0.2) is 0 Å². The third kappa shape index (κ3) is 2.68. The number of benzene rings is 1. The topological polar surface area (TPSA) is 55.0 Å². The smallest absolute Gasteiger partial charge is 0.337 e. The first-order valence-corrected chi connectivity index (χ1v) is 5.88. The van der Waals surface area contributed by atoms with Crippen molar-refractivity contribution in [2.24, 2.45) is 0 Å². The van der Waals surface area contributed by atoms with Crippen LogP contribution in [-0.4, -0.2) is 23.0 Å². The molecule has 1 aromatic carbocycles. The number of aromatic amines is 1. The largest absolute Gasteiger partial charge is 0.465 e. The number of aromatic nitrogens is 2. The minimum Gasteiger partial charge on any atom is -0.465 e. The molecule has 0 spiro atoms. The standard InChI is InChI=1S/C12H12N2O2S/c1-8-11(14-7-13-8)17-10-5-3-9(4-6-10)12(15)16-2/h3-7H,1-2H3,(H,13,14). The Morgan fingerprint density at radius 3 is 2.59 bits per heavy atom. The highest BCUT2D eigenvalue weighted by molar-refractivity contribution is 7.99. The van der Waals surface area contributed by atoms with Crippen LogP contribution in [0.3, 0.4) is 0 Å². The van der Waals surface area contributed by atoms with Crippen molar-refractivity contribution in [3.8, 4) is 0 Å². The van der Waals surface area contributed by atoms with Crippen LogP contribution in [-0.2, 0) is 4.74 Å². The number of carbonyl (C=O) groups is 1. The molecule has 0 radical (unpaired) electrons. The van der Waals surface area contributed by atoms with E-state index in [1.165, 1.54) is 7.11 Å². The van der Waals surface area contributed by atoms with E-state index in [0.717, 1.165) is 15.6 Å². The molecule has 2 rings (SSSR count). The monoisotopic (exact) mass is 248 g/mol. The Kier molecular flexibility index (Phi) is 3.49. The van der Waals surface area contributed by atoms with Crippen LogP contribution in [0.2, 0.25) is 0 Å². The first-order valence-electron chi connectivity index (χ1n) is 5.07. The molecule has 1 heterocycles. The molecule has 0 amide bonds. The van der Waals surface area contributed by atoms with Gasteiger partial charge >= 0.3 is 5.97 Å². The number of hydrogen-bond donors (Lipinski definition) is 1. The van der Waals surface area contributed by atoms with Crippen molar-refractivity contribution in [1.29, 1.82) is 0 Å². The summed E-state index contributed by atoms with van der Waals surface area (Å²) in [7, 11) is 1.37. The predicted molar refractivity (Wildman–Crippen MR) is 65.2 cm³/mol. The fourth-order valence-electron chi connectivity index (χ4n) is 1.34. The van der Waals surface area contributed by atoms with Crippen LogP contribution < -0.4 is 0 Å². The summed E-state index contributed by atoms with van der Waals surface area (Å²) in [6, 6.07) is 7.25. The van der Waals surface area contributed by atoms with Gasteiger partial charge in [0.1, 0.15) is 5.03 Å². The SMILES string of the molecule is COC(=O)c1ccc(Sc2nc[nH]c2C)cc1. The molecule has 0 saturated heterocycles. The van der Waals surface area contributed by atoms with E-state index in [2.05, 4.69) is 14.7 Å². The maximum absolute atomic E-state index is 11.2. The number of carbonyl (C=O) groups excluding carboxylic acids is 1. The van der Waals surface area contributed by atoms with Gasteiger partial charge in [0.25, 0.3) is 0 Å². The molecule has 0 aliphatic rings. The Hall–Kier alpha value is -1.75. The number of ether oxygens (including phenoxy) is 1. The minimum atomic E-state index is -0.322. The summed E-state index contributed by atoms with van der Waals surface area (Å²) in [6.07, 6.45) is 1.67. The van der Waals surface area contributed by atoms with Gasteiger partial charge < -0.3 is 9.72 Å². The van der Waals surface area contributed by atoms with Gasteiger partial charge in [0, 0.05) is 10.6 Å². The van der Waals surface area contributed by atoms with E-state index >= 15 is 0 Å². The summed E-state index contributed by atoms with van der Waals surface area (Å²) >= 11 is 1.55. The minimum absolute atomic E-state index is 0.322. The average molecular weight is 248 g/mol. The summed E-state index contributed by atoms with van der Waals surface area (Å²) in [6.45, 7) is 1.97. The van der Waals surface area contributed by atoms with Crippen molar-refractivity contribution in [1.82, 2.24) is 9.97 Å². The van der Waals surface area contributed by atoms with Crippen LogP contribution in [0, 0.1) is 6.92 Å². The zero-order valence-corrected chi connectivity index (χ0v) is 10.4. The number of hydrogen-bond acceptors (Lipinski definition) is 4. The molecule has 0 aliphatic carbocycles. The summed E-state index contributed by atoms with van der Waals surface area (Å²) < 4.78 is 4.64. The van der Waals surface area contributed by atoms with E-state index in [0.29, 0.717) is 5.56 Å². The first-order chi connectivity index (χ1) is 8.20. The van der Waals surface area contributed by atoms with Crippen LogP contribution in [0.4, 0.5) is 0 Å². The van der Waals surface area contributed by atoms with Gasteiger partial charge in [-0.2, -0.15) is 0 Å². The van der Waals surface area contributed by atoms with Gasteiger partial charge in [-0.1, -0.05) is 11.8 Å². The molecule has 1 aromatic heterocycles. The number of aryl methyl sites for hydroxylation is 1. The highest BCUT2D eigenvalue weighted by Gasteiger charge is 2.06. The summed E-state index contributed by atoms with van der Waals surface area (Å²) in [5.41, 5.74) is 1.59. The van der Waals surface area contributed by atoms with Crippen molar-refractivity contribution in [3.05, 3.63) is 41.9 Å². The Morgan fingerprint density at radius 1 is 1.35 bits per heavy atom. The van der Waals surface area contributed by atoms with Crippen molar-refractivity contribution in [3.63, 3.8) is 0 Å². The number of methoxy groups -OCH3 is 1. The lowest BCUT2D eigenvalue weighted by Gasteiger charge is -2.01. The number of nitrogens with zero attached hydrogens (tertiary/aromatic N) is 1. The lowest BCUT2D eigenvalue weighted by molar-refractivity contribution is 0.0600. The number of esters is 1. The van der Waals surface area contributed by atoms with Crippen LogP contribution in [0.15, 0.2) is 40.5 Å². The quantitative estimate of drug-likeness (QED) is 0.848. The number of imidazole rings is 1. The van der Waals surface area contributed by atoms with Gasteiger partial charge in [-0.15, -0.1) is 0 Å². The molecule has 88 valence electrons. The highest BCUT2D eigenvalue weighted by Crippen LogP contribution is 2.27. The second kappa shape index (κ2) is 5.05. The van der Waals surface area contributed by atoms with Crippen LogP contribution >= 0.6 is 11.8 Å². The molecular formula is C12H12N2O2S. The van der Waals surface area contributed by atoms with E-state index in [9.17, 15) is 4.79 Å². The predicted octanol–water partition coefficient (Wildman–Crippen LogP) is 2.66. The molecule has 5 heteroatoms. The summed E-state index contributed by atoms with van der Waals surface area (Å²) in [4.78, 5) is 19.5. The molecule has 0 atom stereocenters. The van der Waals surface area contributed by atoms with Crippen LogP contribution in [0.25, 0.3) is 0 Å². The lowest BCUT2D eigenvalue weighted by Crippen LogP contribution is -2.00. The van der Waals surface area contributed by atoms with Gasteiger partial charge in [0.2, 0.25) is 0 Å². The Labute approximate surface area is 103 Å². The summed E-state index contributed by atoms with van der Waals surface area (Å²) in [5.74, 6) is -0.322. The van der Waals surface area contributed by atoms with Crippen molar-refractivity contribution in [2.45, 2.75) is 16.8 Å². The molecule has 0 aliphatic heterocycles. The molecular weight excluding hydrogens is 236 g/mol. The molecule has 0 unspecified atom stereocenters. The Balaban J connectivity index is 2.14. The third-order valence-electron chi connectivity index (χ3n) is 2.27. The van der Waals surface area contributed by atoms with Crippen molar-refractivity contribution >= 4 is 17.7 Å². The second-order valence-electron chi connectivity index (χ2n) is 3.45. The van der Waals surface area contributed by atoms with Gasteiger partial charge in [-0.05, 0) is 31.2 Å². The van der Waals surface area contributed by atoms with Crippen molar-refractivity contribution in [2.75, 3.05) is 7.11 Å². The number of rotatable bonds is 3. The summed E-state index contributed by atoms with van der Waals surface area (Å²) in [5, 5.41) is 0.941. The Bertz CT molecular complexity index is 520. The highest BCUT2D eigenvalue weighted by atomic mass is 32.2. The zero-order chi connectivity index (χ0) is 12.3. The van der Waals surface area contributed by atoms with Gasteiger partial charge in [-0.3, -0.25) is 0 Å². The molecule has 17 heavy (non-hydrogen) atoms. The maximum Gasteiger partial charge on any atom is 0.337 e. The molecule has 0 saturated carbocycles. The van der Waals surface area contributed by atoms with E-state index < -0.39 is 0 Å². The molecule has 0 bridgehead atoms. The van der Waals surface area contributed by atoms with E-state index in [1.807, 2.05) is 19.1 Å². The fraction of sp³-hybridized carbons (Fsp3) is 0.167. The number of nitrogens with one attached hydrogen (secondary N) is 1. The van der Waals surface area contributed by atoms with Crippen molar-refractivity contribution < 1.29 is 9.53 Å². The van der Waals surface area contributed by atoms with E-state index in [-0.39, 0.29) is 5.97 Å². The van der Waals surface area contributed by atoms with E-state index in [1.54, 1.807) is 30.2 Å². The maximum atomic E-state index is 11.2. The van der Waals surface area contributed by atoms with Crippen LogP contribution in [0.1, 0.15) is 16.1 Å². The molecule has 4 nitrogen and oxygen atoms in total. The first kappa shape index (κ1) is 11.7. The molecule has 0 fully saturated rings. The van der Waals surface area contributed by atoms with E-state index in [4.69, 9.17) is 0 Å². The van der Waals surface area contributed by atoms with Crippen LogP contribution in [0.5, 0.6) is 0 Å². The molecule has 2 aromatic rings. The normalized spacial score (nSPS) is 10.2. The second-order valence-corrected chi connectivity index (χ2v) is 4.51. The van der Waals surface area contributed by atoms with Gasteiger partial charge in [-0.25, -0.2) is 9.78 Å². The average Bonchev–Trinajstić information content (AvgIpc) is 2.75. The third-order valence-corrected chi connectivity index (χ3v) is 3.39. The van der Waals surface area contributed by atoms with Gasteiger partial charge in [0.05, 0.1) is 19.0 Å². The zero-order valence-electron chi connectivity index (χ0n) is 9.56.